The SMILES string of the molecule is CCCCCCCCCC1CCC(CCc2cncnc2-c2ccccc2CCCCCCC)CC1. The van der Waals surface area contributed by atoms with E-state index in [4.69, 9.17) is 4.98 Å². The van der Waals surface area contributed by atoms with E-state index in [1.165, 1.54) is 138 Å². The predicted octanol–water partition coefficient (Wildman–Crippen LogP) is 10.5. The smallest absolute Gasteiger partial charge is 0.116 e. The summed E-state index contributed by atoms with van der Waals surface area (Å²) in [6.45, 7) is 4.59. The Morgan fingerprint density at radius 1 is 0.639 bits per heavy atom. The third-order valence-electron chi connectivity index (χ3n) is 8.61. The molecule has 0 unspecified atom stereocenters. The Morgan fingerprint density at radius 2 is 1.25 bits per heavy atom. The summed E-state index contributed by atoms with van der Waals surface area (Å²) in [6.07, 6.45) is 31.4. The lowest BCUT2D eigenvalue weighted by Crippen LogP contribution is -2.15. The lowest BCUT2D eigenvalue weighted by molar-refractivity contribution is 0.248. The fourth-order valence-electron chi connectivity index (χ4n) is 6.23. The van der Waals surface area contributed by atoms with Crippen LogP contribution in [0.3, 0.4) is 0 Å². The topological polar surface area (TPSA) is 25.8 Å². The molecule has 0 N–H and O–H groups in total. The minimum absolute atomic E-state index is 0.886. The summed E-state index contributed by atoms with van der Waals surface area (Å²) in [5, 5.41) is 0. The first-order valence-corrected chi connectivity index (χ1v) is 15.7. The van der Waals surface area contributed by atoms with Crippen LogP contribution in [0.1, 0.15) is 141 Å². The molecule has 1 aromatic carbocycles. The van der Waals surface area contributed by atoms with Crippen molar-refractivity contribution in [3.8, 4) is 11.3 Å². The number of aromatic nitrogens is 2. The standard InChI is InChI=1S/C34H54N2/c1-3-5-7-9-10-12-13-17-29-21-23-30(24-22-29)25-26-32-27-35-28-36-34(32)33-20-16-15-19-31(33)18-14-11-8-6-4-2/h15-16,19-20,27-30H,3-14,17-18,21-26H2,1-2H3. The first-order chi connectivity index (χ1) is 17.8. The van der Waals surface area contributed by atoms with Crippen molar-refractivity contribution in [3.05, 3.63) is 47.9 Å². The zero-order valence-corrected chi connectivity index (χ0v) is 23.7. The van der Waals surface area contributed by atoms with E-state index in [0.29, 0.717) is 0 Å². The highest BCUT2D eigenvalue weighted by Crippen LogP contribution is 2.35. The maximum atomic E-state index is 4.80. The monoisotopic (exact) mass is 490 g/mol. The normalized spacial score (nSPS) is 17.9. The molecule has 0 aliphatic heterocycles. The zero-order valence-electron chi connectivity index (χ0n) is 23.7. The van der Waals surface area contributed by atoms with Crippen molar-refractivity contribution >= 4 is 0 Å². The molecule has 1 aromatic heterocycles. The molecule has 0 atom stereocenters. The van der Waals surface area contributed by atoms with Crippen LogP contribution in [0.2, 0.25) is 0 Å². The molecule has 0 amide bonds. The average Bonchev–Trinajstić information content (AvgIpc) is 2.92. The van der Waals surface area contributed by atoms with Gasteiger partial charge >= 0.3 is 0 Å². The summed E-state index contributed by atoms with van der Waals surface area (Å²) in [7, 11) is 0. The Morgan fingerprint density at radius 3 is 1.97 bits per heavy atom. The molecule has 200 valence electrons. The van der Waals surface area contributed by atoms with Gasteiger partial charge in [0.1, 0.15) is 6.33 Å². The van der Waals surface area contributed by atoms with Crippen LogP contribution >= 0.6 is 0 Å². The molecule has 2 nitrogen and oxygen atoms in total. The number of unbranched alkanes of at least 4 members (excludes halogenated alkanes) is 10. The lowest BCUT2D eigenvalue weighted by atomic mass is 9.77. The summed E-state index contributed by atoms with van der Waals surface area (Å²) in [4.78, 5) is 9.22. The van der Waals surface area contributed by atoms with Crippen LogP contribution in [0.5, 0.6) is 0 Å². The highest BCUT2D eigenvalue weighted by atomic mass is 14.8. The predicted molar refractivity (Wildman–Crippen MR) is 156 cm³/mol. The van der Waals surface area contributed by atoms with Gasteiger partial charge in [-0.3, -0.25) is 0 Å². The van der Waals surface area contributed by atoms with Crippen molar-refractivity contribution in [2.24, 2.45) is 11.8 Å². The van der Waals surface area contributed by atoms with Crippen molar-refractivity contribution in [2.75, 3.05) is 0 Å². The Labute approximate surface area is 223 Å². The van der Waals surface area contributed by atoms with Gasteiger partial charge in [-0.1, -0.05) is 141 Å². The van der Waals surface area contributed by atoms with Crippen molar-refractivity contribution in [3.63, 3.8) is 0 Å². The van der Waals surface area contributed by atoms with Crippen LogP contribution < -0.4 is 0 Å². The van der Waals surface area contributed by atoms with Crippen molar-refractivity contribution in [1.29, 1.82) is 0 Å². The number of rotatable bonds is 18. The quantitative estimate of drug-likeness (QED) is 0.194. The maximum Gasteiger partial charge on any atom is 0.116 e. The highest BCUT2D eigenvalue weighted by Gasteiger charge is 2.21. The molecule has 2 heteroatoms. The molecule has 36 heavy (non-hydrogen) atoms. The molecule has 1 fully saturated rings. The molecule has 0 bridgehead atoms. The van der Waals surface area contributed by atoms with Crippen molar-refractivity contribution in [1.82, 2.24) is 9.97 Å². The molecule has 1 heterocycles. The van der Waals surface area contributed by atoms with E-state index in [0.717, 1.165) is 24.7 Å². The number of hydrogen-bond acceptors (Lipinski definition) is 2. The maximum absolute atomic E-state index is 4.80. The van der Waals surface area contributed by atoms with Crippen LogP contribution in [0.4, 0.5) is 0 Å². The summed E-state index contributed by atoms with van der Waals surface area (Å²) in [6, 6.07) is 8.96. The minimum Gasteiger partial charge on any atom is -0.244 e. The van der Waals surface area contributed by atoms with Gasteiger partial charge in [0, 0.05) is 11.8 Å². The van der Waals surface area contributed by atoms with Crippen LogP contribution in [0.15, 0.2) is 36.8 Å². The Bertz CT molecular complexity index is 821. The van der Waals surface area contributed by atoms with Gasteiger partial charge in [-0.05, 0) is 48.6 Å². The van der Waals surface area contributed by atoms with Gasteiger partial charge in [-0.25, -0.2) is 9.97 Å². The molecule has 1 aliphatic carbocycles. The van der Waals surface area contributed by atoms with Gasteiger partial charge in [0.05, 0.1) is 5.69 Å². The Balaban J connectivity index is 1.43. The second kappa shape index (κ2) is 17.7. The van der Waals surface area contributed by atoms with Crippen LogP contribution in [-0.2, 0) is 12.8 Å². The van der Waals surface area contributed by atoms with E-state index in [9.17, 15) is 0 Å². The molecule has 0 radical (unpaired) electrons. The number of aryl methyl sites for hydroxylation is 2. The second-order valence-corrected chi connectivity index (χ2v) is 11.6. The summed E-state index contributed by atoms with van der Waals surface area (Å²) in [5.41, 5.74) is 5.33. The molecule has 0 saturated heterocycles. The minimum atomic E-state index is 0.886. The Hall–Kier alpha value is -1.70. The van der Waals surface area contributed by atoms with Gasteiger partial charge < -0.3 is 0 Å². The van der Waals surface area contributed by atoms with Gasteiger partial charge in [0.25, 0.3) is 0 Å². The third-order valence-corrected chi connectivity index (χ3v) is 8.61. The van der Waals surface area contributed by atoms with Gasteiger partial charge in [0.15, 0.2) is 0 Å². The van der Waals surface area contributed by atoms with Crippen molar-refractivity contribution < 1.29 is 0 Å². The van der Waals surface area contributed by atoms with Gasteiger partial charge in [-0.2, -0.15) is 0 Å². The van der Waals surface area contributed by atoms with E-state index in [2.05, 4.69) is 49.3 Å². The highest BCUT2D eigenvalue weighted by molar-refractivity contribution is 5.66. The van der Waals surface area contributed by atoms with Crippen molar-refractivity contribution in [2.45, 2.75) is 142 Å². The van der Waals surface area contributed by atoms with Crippen LogP contribution in [0, 0.1) is 11.8 Å². The van der Waals surface area contributed by atoms with E-state index in [-0.39, 0.29) is 0 Å². The van der Waals surface area contributed by atoms with Crippen LogP contribution in [-0.4, -0.2) is 9.97 Å². The van der Waals surface area contributed by atoms with E-state index in [1.807, 2.05) is 0 Å². The molecular formula is C34H54N2. The van der Waals surface area contributed by atoms with E-state index in [1.54, 1.807) is 6.33 Å². The fourth-order valence-corrected chi connectivity index (χ4v) is 6.23. The van der Waals surface area contributed by atoms with Gasteiger partial charge in [0.2, 0.25) is 0 Å². The molecule has 0 spiro atoms. The zero-order chi connectivity index (χ0) is 25.3. The van der Waals surface area contributed by atoms with E-state index >= 15 is 0 Å². The average molecular weight is 491 g/mol. The summed E-state index contributed by atoms with van der Waals surface area (Å²) >= 11 is 0. The van der Waals surface area contributed by atoms with Crippen LogP contribution in [0.25, 0.3) is 11.3 Å². The summed E-state index contributed by atoms with van der Waals surface area (Å²) in [5.74, 6) is 1.88. The van der Waals surface area contributed by atoms with E-state index < -0.39 is 0 Å². The number of nitrogens with zero attached hydrogens (tertiary/aromatic N) is 2. The first-order valence-electron chi connectivity index (χ1n) is 15.7. The third kappa shape index (κ3) is 10.3. The first kappa shape index (κ1) is 28.9. The molecule has 1 aliphatic rings. The molecule has 1 saturated carbocycles. The summed E-state index contributed by atoms with van der Waals surface area (Å²) < 4.78 is 0. The molecular weight excluding hydrogens is 436 g/mol. The molecule has 2 aromatic rings. The second-order valence-electron chi connectivity index (χ2n) is 11.6. The van der Waals surface area contributed by atoms with Gasteiger partial charge in [-0.15, -0.1) is 0 Å². The Kier molecular flexibility index (Phi) is 14.2. The molecule has 3 rings (SSSR count). The fraction of sp³-hybridized carbons (Fsp3) is 0.706. The largest absolute Gasteiger partial charge is 0.244 e. The lowest BCUT2D eigenvalue weighted by Gasteiger charge is -2.28. The number of hydrogen-bond donors (Lipinski definition) is 0. The number of benzene rings is 1.